The Morgan fingerprint density at radius 1 is 1.65 bits per heavy atom. The van der Waals surface area contributed by atoms with Crippen molar-refractivity contribution < 1.29 is 13.2 Å². The fourth-order valence-corrected chi connectivity index (χ4v) is 3.45. The number of hydrogen-bond donors (Lipinski definition) is 1. The van der Waals surface area contributed by atoms with Crippen LogP contribution < -0.4 is 5.73 Å². The molecule has 100 valence electrons. The zero-order valence-corrected chi connectivity index (χ0v) is 11.9. The van der Waals surface area contributed by atoms with Crippen molar-refractivity contribution in [3.8, 4) is 0 Å². The van der Waals surface area contributed by atoms with E-state index in [0.717, 1.165) is 19.4 Å². The van der Waals surface area contributed by atoms with E-state index >= 15 is 0 Å². The van der Waals surface area contributed by atoms with Crippen molar-refractivity contribution in [3.05, 3.63) is 0 Å². The molecule has 0 aromatic rings. The maximum Gasteiger partial charge on any atom is 0.222 e. The number of rotatable bonds is 5. The van der Waals surface area contributed by atoms with Gasteiger partial charge in [0, 0.05) is 20.2 Å². The maximum absolute atomic E-state index is 12.1. The van der Waals surface area contributed by atoms with Gasteiger partial charge in [0.05, 0.1) is 11.6 Å². The summed E-state index contributed by atoms with van der Waals surface area (Å²) in [6, 6.07) is 0. The topological polar surface area (TPSA) is 72.6 Å². The highest BCUT2D eigenvalue weighted by molar-refractivity contribution is 7.92. The average molecular weight is 280 g/mol. The van der Waals surface area contributed by atoms with E-state index in [0.29, 0.717) is 13.2 Å². The van der Waals surface area contributed by atoms with Crippen LogP contribution in [0.15, 0.2) is 0 Å². The molecule has 1 fully saturated rings. The normalized spacial score (nSPS) is 23.6. The fourth-order valence-electron chi connectivity index (χ4n) is 1.84. The van der Waals surface area contributed by atoms with Crippen molar-refractivity contribution in [3.63, 3.8) is 0 Å². The summed E-state index contributed by atoms with van der Waals surface area (Å²) < 4.78 is 30.8. The lowest BCUT2D eigenvalue weighted by atomic mass is 10.0. The molecule has 2 unspecified atom stereocenters. The molecule has 0 bridgehead atoms. The van der Waals surface area contributed by atoms with Gasteiger partial charge < -0.3 is 10.5 Å². The number of nitrogens with zero attached hydrogens (tertiary/aromatic N) is 1. The first-order chi connectivity index (χ1) is 7.85. The highest BCUT2D eigenvalue weighted by Crippen LogP contribution is 2.17. The van der Waals surface area contributed by atoms with Gasteiger partial charge in [0.1, 0.15) is 5.25 Å². The van der Waals surface area contributed by atoms with E-state index in [1.807, 2.05) is 0 Å². The zero-order chi connectivity index (χ0) is 13.1. The second kappa shape index (κ2) is 6.08. The molecule has 1 heterocycles. The predicted molar refractivity (Wildman–Crippen MR) is 71.3 cm³/mol. The van der Waals surface area contributed by atoms with Gasteiger partial charge in [0.15, 0.2) is 0 Å². The summed E-state index contributed by atoms with van der Waals surface area (Å²) in [7, 11) is -1.86. The molecule has 2 atom stereocenters. The minimum Gasteiger partial charge on any atom is -0.392 e. The molecule has 0 amide bonds. The SMILES string of the molecule is CC(C(N)=S)S(=O)(=O)N(C)CC1CCCOC1. The number of thiocarbonyl (C=S) groups is 1. The summed E-state index contributed by atoms with van der Waals surface area (Å²) in [5, 5.41) is -0.813. The molecule has 1 rings (SSSR count). The largest absolute Gasteiger partial charge is 0.392 e. The molecule has 0 aromatic carbocycles. The van der Waals surface area contributed by atoms with Crippen molar-refractivity contribution in [1.82, 2.24) is 4.31 Å². The Morgan fingerprint density at radius 2 is 2.29 bits per heavy atom. The Kier molecular flexibility index (Phi) is 5.30. The summed E-state index contributed by atoms with van der Waals surface area (Å²) in [5.74, 6) is 0.266. The lowest BCUT2D eigenvalue weighted by molar-refractivity contribution is 0.0495. The Labute approximate surface area is 108 Å². The third-order valence-corrected chi connectivity index (χ3v) is 5.72. The van der Waals surface area contributed by atoms with E-state index in [1.54, 1.807) is 7.05 Å². The van der Waals surface area contributed by atoms with Crippen LogP contribution in [-0.2, 0) is 14.8 Å². The monoisotopic (exact) mass is 280 g/mol. The van der Waals surface area contributed by atoms with E-state index < -0.39 is 15.3 Å². The van der Waals surface area contributed by atoms with Crippen LogP contribution in [0.3, 0.4) is 0 Å². The van der Waals surface area contributed by atoms with Crippen LogP contribution in [0, 0.1) is 5.92 Å². The molecule has 1 aliphatic heterocycles. The molecule has 1 saturated heterocycles. The van der Waals surface area contributed by atoms with E-state index in [1.165, 1.54) is 11.2 Å². The van der Waals surface area contributed by atoms with E-state index in [-0.39, 0.29) is 10.9 Å². The standard InChI is InChI=1S/C10H20N2O3S2/c1-8(10(11)16)17(13,14)12(2)6-9-4-3-5-15-7-9/h8-9H,3-7H2,1-2H3,(H2,11,16). The van der Waals surface area contributed by atoms with Gasteiger partial charge in [0.25, 0.3) is 0 Å². The minimum absolute atomic E-state index is 0.0109. The molecule has 0 aromatic heterocycles. The van der Waals surface area contributed by atoms with Gasteiger partial charge in [-0.3, -0.25) is 0 Å². The van der Waals surface area contributed by atoms with Gasteiger partial charge in [-0.05, 0) is 25.7 Å². The second-order valence-corrected chi connectivity index (χ2v) is 7.29. The highest BCUT2D eigenvalue weighted by Gasteiger charge is 2.30. The third-order valence-electron chi connectivity index (χ3n) is 3.05. The van der Waals surface area contributed by atoms with Gasteiger partial charge in [0.2, 0.25) is 10.0 Å². The Hall–Kier alpha value is -0.240. The quantitative estimate of drug-likeness (QED) is 0.736. The van der Waals surface area contributed by atoms with Crippen LogP contribution in [0.4, 0.5) is 0 Å². The van der Waals surface area contributed by atoms with Gasteiger partial charge >= 0.3 is 0 Å². The van der Waals surface area contributed by atoms with Crippen molar-refractivity contribution in [2.24, 2.45) is 11.7 Å². The zero-order valence-electron chi connectivity index (χ0n) is 10.3. The van der Waals surface area contributed by atoms with Crippen molar-refractivity contribution >= 4 is 27.2 Å². The summed E-state index contributed by atoms with van der Waals surface area (Å²) in [5.41, 5.74) is 5.39. The molecule has 0 saturated carbocycles. The summed E-state index contributed by atoms with van der Waals surface area (Å²) in [4.78, 5) is 0.0109. The van der Waals surface area contributed by atoms with Crippen LogP contribution in [-0.4, -0.2) is 49.8 Å². The third kappa shape index (κ3) is 3.87. The number of hydrogen-bond acceptors (Lipinski definition) is 4. The first-order valence-electron chi connectivity index (χ1n) is 5.68. The van der Waals surface area contributed by atoms with Gasteiger partial charge in [-0.2, -0.15) is 0 Å². The number of sulfonamides is 1. The molecule has 5 nitrogen and oxygen atoms in total. The highest BCUT2D eigenvalue weighted by atomic mass is 32.2. The lowest BCUT2D eigenvalue weighted by Gasteiger charge is -2.28. The average Bonchev–Trinajstić information content (AvgIpc) is 2.29. The molecule has 0 radical (unpaired) electrons. The lowest BCUT2D eigenvalue weighted by Crippen LogP contribution is -2.43. The molecular weight excluding hydrogens is 260 g/mol. The summed E-state index contributed by atoms with van der Waals surface area (Å²) in [6.07, 6.45) is 1.99. The number of nitrogens with two attached hydrogens (primary N) is 1. The van der Waals surface area contributed by atoms with Gasteiger partial charge in [-0.25, -0.2) is 12.7 Å². The smallest absolute Gasteiger partial charge is 0.222 e. The van der Waals surface area contributed by atoms with Crippen LogP contribution in [0.2, 0.25) is 0 Å². The van der Waals surface area contributed by atoms with Crippen molar-refractivity contribution in [2.45, 2.75) is 25.0 Å². The summed E-state index contributed by atoms with van der Waals surface area (Å²) >= 11 is 4.74. The van der Waals surface area contributed by atoms with Gasteiger partial charge in [-0.15, -0.1) is 0 Å². The first-order valence-corrected chi connectivity index (χ1v) is 7.59. The Morgan fingerprint density at radius 3 is 2.76 bits per heavy atom. The van der Waals surface area contributed by atoms with Crippen LogP contribution in [0.25, 0.3) is 0 Å². The molecule has 17 heavy (non-hydrogen) atoms. The van der Waals surface area contributed by atoms with Crippen molar-refractivity contribution in [1.29, 1.82) is 0 Å². The van der Waals surface area contributed by atoms with Crippen LogP contribution in [0.1, 0.15) is 19.8 Å². The Balaban J connectivity index is 2.62. The van der Waals surface area contributed by atoms with E-state index in [2.05, 4.69) is 0 Å². The van der Waals surface area contributed by atoms with Crippen LogP contribution >= 0.6 is 12.2 Å². The summed E-state index contributed by atoms with van der Waals surface area (Å²) in [6.45, 7) is 3.39. The first kappa shape index (κ1) is 14.8. The molecular formula is C10H20N2O3S2. The maximum atomic E-state index is 12.1. The van der Waals surface area contributed by atoms with E-state index in [9.17, 15) is 8.42 Å². The van der Waals surface area contributed by atoms with Crippen LogP contribution in [0.5, 0.6) is 0 Å². The van der Waals surface area contributed by atoms with Crippen molar-refractivity contribution in [2.75, 3.05) is 26.8 Å². The second-order valence-electron chi connectivity index (χ2n) is 4.45. The fraction of sp³-hybridized carbons (Fsp3) is 0.900. The molecule has 1 aliphatic rings. The van der Waals surface area contributed by atoms with Gasteiger partial charge in [-0.1, -0.05) is 12.2 Å². The number of ether oxygens (including phenoxy) is 1. The predicted octanol–water partition coefficient (Wildman–Crippen LogP) is 0.349. The van der Waals surface area contributed by atoms with E-state index in [4.69, 9.17) is 22.7 Å². The Bertz CT molecular complexity index is 364. The minimum atomic E-state index is -3.43. The molecule has 7 heteroatoms. The molecule has 0 spiro atoms. The molecule has 0 aliphatic carbocycles. The molecule has 2 N–H and O–H groups in total.